The fourth-order valence-electron chi connectivity index (χ4n) is 2.46. The van der Waals surface area contributed by atoms with Crippen LogP contribution >= 0.6 is 0 Å². The van der Waals surface area contributed by atoms with Gasteiger partial charge in [0.15, 0.2) is 15.9 Å². The average molecular weight is 349 g/mol. The number of carboxylic acids is 1. The second-order valence-electron chi connectivity index (χ2n) is 5.54. The lowest BCUT2D eigenvalue weighted by Gasteiger charge is -2.15. The molecule has 1 unspecified atom stereocenters. The van der Waals surface area contributed by atoms with Gasteiger partial charge >= 0.3 is 5.97 Å². The van der Waals surface area contributed by atoms with Crippen molar-refractivity contribution in [1.82, 2.24) is 5.32 Å². The number of rotatable bonds is 7. The van der Waals surface area contributed by atoms with Crippen LogP contribution in [0.1, 0.15) is 24.9 Å². The maximum Gasteiger partial charge on any atom is 0.330 e. The number of carbonyl (C=O) groups excluding carboxylic acids is 1. The van der Waals surface area contributed by atoms with Crippen molar-refractivity contribution in [3.63, 3.8) is 0 Å². The van der Waals surface area contributed by atoms with Gasteiger partial charge in [0.2, 0.25) is 5.91 Å². The van der Waals surface area contributed by atoms with E-state index in [1.165, 1.54) is 0 Å². The molecular weight excluding hydrogens is 330 g/mol. The quantitative estimate of drug-likeness (QED) is 0.795. The van der Waals surface area contributed by atoms with Gasteiger partial charge < -0.3 is 10.4 Å². The summed E-state index contributed by atoms with van der Waals surface area (Å²) < 4.78 is 23.4. The number of fused-ring (bicyclic) bond motifs is 1. The Morgan fingerprint density at radius 2 is 1.79 bits per heavy atom. The molecule has 0 bridgehead atoms. The molecule has 1 amide bonds. The molecule has 0 saturated carbocycles. The fourth-order valence-corrected chi connectivity index (χ4v) is 3.71. The first-order chi connectivity index (χ1) is 11.3. The largest absolute Gasteiger partial charge is 0.479 e. The number of aliphatic carboxylic acids is 1. The molecule has 0 aliphatic carbocycles. The number of carbonyl (C=O) groups is 2. The lowest BCUT2D eigenvalue weighted by molar-refractivity contribution is -0.141. The predicted molar refractivity (Wildman–Crippen MR) is 91.4 cm³/mol. The Labute approximate surface area is 140 Å². The summed E-state index contributed by atoms with van der Waals surface area (Å²) in [5, 5.41) is 13.5. The van der Waals surface area contributed by atoms with Crippen LogP contribution in [0.3, 0.4) is 0 Å². The zero-order valence-corrected chi connectivity index (χ0v) is 14.0. The molecule has 0 spiro atoms. The molecule has 2 aromatic carbocycles. The third-order valence-electron chi connectivity index (χ3n) is 3.53. The van der Waals surface area contributed by atoms with E-state index in [0.717, 1.165) is 10.8 Å². The summed E-state index contributed by atoms with van der Waals surface area (Å²) in [7, 11) is -3.52. The lowest BCUT2D eigenvalue weighted by atomic mass is 10.0. The van der Waals surface area contributed by atoms with Crippen LogP contribution in [0.4, 0.5) is 0 Å². The van der Waals surface area contributed by atoms with Crippen LogP contribution in [0.5, 0.6) is 0 Å². The Hall–Kier alpha value is -2.41. The van der Waals surface area contributed by atoms with Gasteiger partial charge in [-0.05, 0) is 28.8 Å². The Morgan fingerprint density at radius 1 is 1.12 bits per heavy atom. The molecule has 2 aromatic rings. The minimum Gasteiger partial charge on any atom is -0.479 e. The van der Waals surface area contributed by atoms with Crippen molar-refractivity contribution in [2.45, 2.75) is 19.4 Å². The molecule has 6 nitrogen and oxygen atoms in total. The average Bonchev–Trinajstić information content (AvgIpc) is 2.51. The van der Waals surface area contributed by atoms with E-state index in [9.17, 15) is 23.1 Å². The first-order valence-electron chi connectivity index (χ1n) is 7.53. The predicted octanol–water partition coefficient (Wildman–Crippen LogP) is 1.91. The number of hydrogen-bond acceptors (Lipinski definition) is 4. The van der Waals surface area contributed by atoms with Gasteiger partial charge in [0, 0.05) is 0 Å². The normalized spacial score (nSPS) is 12.7. The second-order valence-corrected chi connectivity index (χ2v) is 7.72. The van der Waals surface area contributed by atoms with Crippen LogP contribution in [0, 0.1) is 0 Å². The van der Waals surface area contributed by atoms with Crippen molar-refractivity contribution in [1.29, 1.82) is 0 Å². The second kappa shape index (κ2) is 7.44. The van der Waals surface area contributed by atoms with E-state index in [2.05, 4.69) is 5.32 Å². The van der Waals surface area contributed by atoms with Crippen LogP contribution in [0.15, 0.2) is 42.5 Å². The Morgan fingerprint density at radius 3 is 2.42 bits per heavy atom. The van der Waals surface area contributed by atoms with E-state index in [1.807, 2.05) is 24.3 Å². The highest BCUT2D eigenvalue weighted by Crippen LogP contribution is 2.21. The summed E-state index contributed by atoms with van der Waals surface area (Å²) in [6.07, 6.45) is 0.405. The Bertz CT molecular complexity index is 860. The van der Waals surface area contributed by atoms with Crippen molar-refractivity contribution < 1.29 is 23.1 Å². The summed E-state index contributed by atoms with van der Waals surface area (Å²) in [6, 6.07) is 11.2. The monoisotopic (exact) mass is 349 g/mol. The van der Waals surface area contributed by atoms with E-state index in [0.29, 0.717) is 12.0 Å². The van der Waals surface area contributed by atoms with Crippen LogP contribution < -0.4 is 5.32 Å². The zero-order chi connectivity index (χ0) is 17.7. The van der Waals surface area contributed by atoms with Crippen molar-refractivity contribution in [2.75, 3.05) is 11.5 Å². The van der Waals surface area contributed by atoms with Crippen molar-refractivity contribution >= 4 is 32.5 Å². The van der Waals surface area contributed by atoms with E-state index in [1.54, 1.807) is 25.1 Å². The van der Waals surface area contributed by atoms with Gasteiger partial charge in [-0.1, -0.05) is 43.3 Å². The van der Waals surface area contributed by atoms with Gasteiger partial charge in [0.25, 0.3) is 0 Å². The highest BCUT2D eigenvalue weighted by atomic mass is 32.2. The number of sulfone groups is 1. The molecule has 24 heavy (non-hydrogen) atoms. The van der Waals surface area contributed by atoms with Crippen LogP contribution in [0.25, 0.3) is 10.8 Å². The third kappa shape index (κ3) is 4.55. The van der Waals surface area contributed by atoms with Gasteiger partial charge in [-0.15, -0.1) is 0 Å². The van der Waals surface area contributed by atoms with Crippen LogP contribution in [0.2, 0.25) is 0 Å². The molecular formula is C17H19NO5S. The molecule has 1 atom stereocenters. The molecule has 0 aromatic heterocycles. The first-order valence-corrected chi connectivity index (χ1v) is 9.36. The number of nitrogens with one attached hydrogen (secondary N) is 1. The molecule has 0 saturated heterocycles. The maximum absolute atomic E-state index is 11.9. The molecule has 0 heterocycles. The summed E-state index contributed by atoms with van der Waals surface area (Å²) in [4.78, 5) is 23.4. The summed E-state index contributed by atoms with van der Waals surface area (Å²) in [5.74, 6) is -2.87. The van der Waals surface area contributed by atoms with E-state index in [4.69, 9.17) is 0 Å². The summed E-state index contributed by atoms with van der Waals surface area (Å²) >= 11 is 0. The molecule has 128 valence electrons. The van der Waals surface area contributed by atoms with Gasteiger partial charge in [-0.25, -0.2) is 13.2 Å². The minimum atomic E-state index is -3.52. The van der Waals surface area contributed by atoms with Crippen LogP contribution in [-0.2, 0) is 19.4 Å². The summed E-state index contributed by atoms with van der Waals surface area (Å²) in [5.41, 5.74) is 0.391. The van der Waals surface area contributed by atoms with E-state index >= 15 is 0 Å². The number of amides is 1. The van der Waals surface area contributed by atoms with Gasteiger partial charge in [-0.3, -0.25) is 4.79 Å². The fraction of sp³-hybridized carbons (Fsp3) is 0.294. The standard InChI is InChI=1S/C17H19NO5S/c1-2-9-24(22,23)11-15(19)18-16(17(20)21)14-8-7-12-5-3-4-6-13(12)10-14/h3-8,10,16H,2,9,11H2,1H3,(H,18,19)(H,20,21). The van der Waals surface area contributed by atoms with Crippen LogP contribution in [-0.4, -0.2) is 36.9 Å². The van der Waals surface area contributed by atoms with Gasteiger partial charge in [0.05, 0.1) is 5.75 Å². The lowest BCUT2D eigenvalue weighted by Crippen LogP contribution is -2.37. The Balaban J connectivity index is 2.22. The van der Waals surface area contributed by atoms with E-state index < -0.39 is 33.5 Å². The maximum atomic E-state index is 11.9. The molecule has 2 N–H and O–H groups in total. The molecule has 0 aliphatic rings. The van der Waals surface area contributed by atoms with Crippen molar-refractivity contribution in [3.05, 3.63) is 48.0 Å². The van der Waals surface area contributed by atoms with Gasteiger partial charge in [-0.2, -0.15) is 0 Å². The highest BCUT2D eigenvalue weighted by molar-refractivity contribution is 7.92. The Kier molecular flexibility index (Phi) is 5.56. The minimum absolute atomic E-state index is 0.103. The van der Waals surface area contributed by atoms with Crippen molar-refractivity contribution in [2.24, 2.45) is 0 Å². The number of benzene rings is 2. The molecule has 0 fully saturated rings. The van der Waals surface area contributed by atoms with Crippen molar-refractivity contribution in [3.8, 4) is 0 Å². The molecule has 0 aliphatic heterocycles. The molecule has 0 radical (unpaired) electrons. The number of hydrogen-bond donors (Lipinski definition) is 2. The smallest absolute Gasteiger partial charge is 0.330 e. The first kappa shape index (κ1) is 17.9. The topological polar surface area (TPSA) is 101 Å². The molecule has 2 rings (SSSR count). The van der Waals surface area contributed by atoms with E-state index in [-0.39, 0.29) is 5.75 Å². The molecule has 7 heteroatoms. The highest BCUT2D eigenvalue weighted by Gasteiger charge is 2.24. The zero-order valence-electron chi connectivity index (χ0n) is 13.2. The number of carboxylic acid groups (broad SMARTS) is 1. The van der Waals surface area contributed by atoms with Gasteiger partial charge in [0.1, 0.15) is 5.75 Å². The summed E-state index contributed by atoms with van der Waals surface area (Å²) in [6.45, 7) is 1.70. The third-order valence-corrected chi connectivity index (χ3v) is 5.26. The SMILES string of the molecule is CCCS(=O)(=O)CC(=O)NC(C(=O)O)c1ccc2ccccc2c1.